The Morgan fingerprint density at radius 1 is 1.15 bits per heavy atom. The highest BCUT2D eigenvalue weighted by Gasteiger charge is 2.29. The van der Waals surface area contributed by atoms with Gasteiger partial charge in [-0.15, -0.1) is 0 Å². The van der Waals surface area contributed by atoms with Crippen molar-refractivity contribution in [1.82, 2.24) is 10.7 Å². The molecule has 26 heavy (non-hydrogen) atoms. The van der Waals surface area contributed by atoms with Crippen LogP contribution in [0.3, 0.4) is 0 Å². The number of rotatable bonds is 7. The minimum absolute atomic E-state index is 0.0195. The number of amides is 1. The van der Waals surface area contributed by atoms with E-state index in [0.29, 0.717) is 0 Å². The van der Waals surface area contributed by atoms with E-state index < -0.39 is 36.9 Å². The number of benzene rings is 1. The molecule has 0 saturated heterocycles. The molecule has 10 nitrogen and oxygen atoms in total. The van der Waals surface area contributed by atoms with Crippen LogP contribution in [0.2, 0.25) is 0 Å². The number of aliphatic hydroxyl groups is 5. The van der Waals surface area contributed by atoms with E-state index >= 15 is 0 Å². The summed E-state index contributed by atoms with van der Waals surface area (Å²) in [6, 6.07) is 9.10. The second kappa shape index (κ2) is 9.17. The number of aliphatic hydroxyl groups excluding tert-OH is 5. The maximum absolute atomic E-state index is 11.8. The lowest BCUT2D eigenvalue weighted by Gasteiger charge is -2.23. The second-order valence-corrected chi connectivity index (χ2v) is 5.47. The standard InChI is InChI=1S/C16H20N4O6/c21-8-12(23)14(25)13(24)11(22)7-17-20-16-18-10(15(26)19-16)6-9-4-2-1-3-5-9/h1-7,11-14,21-25H,8H2,(H2,18,19,20,26)/b10-6-,17-7-/t11-,12-,13-,14-/m1/s1. The molecule has 1 amide bonds. The van der Waals surface area contributed by atoms with Crippen LogP contribution in [0.15, 0.2) is 46.1 Å². The van der Waals surface area contributed by atoms with Crippen LogP contribution in [0.5, 0.6) is 0 Å². The zero-order valence-corrected chi connectivity index (χ0v) is 13.6. The predicted molar refractivity (Wildman–Crippen MR) is 92.7 cm³/mol. The van der Waals surface area contributed by atoms with E-state index in [0.717, 1.165) is 11.8 Å². The van der Waals surface area contributed by atoms with Crippen LogP contribution >= 0.6 is 0 Å². The van der Waals surface area contributed by atoms with Gasteiger partial charge in [0, 0.05) is 0 Å². The minimum atomic E-state index is -1.77. The Hall–Kier alpha value is -2.63. The summed E-state index contributed by atoms with van der Waals surface area (Å²) < 4.78 is 0. The molecule has 0 unspecified atom stereocenters. The third-order valence-corrected chi connectivity index (χ3v) is 3.48. The fraction of sp³-hybridized carbons (Fsp3) is 0.312. The molecule has 10 heteroatoms. The van der Waals surface area contributed by atoms with Crippen LogP contribution < -0.4 is 10.7 Å². The van der Waals surface area contributed by atoms with Crippen molar-refractivity contribution in [3.63, 3.8) is 0 Å². The van der Waals surface area contributed by atoms with E-state index in [2.05, 4.69) is 20.8 Å². The van der Waals surface area contributed by atoms with Gasteiger partial charge in [0.05, 0.1) is 12.8 Å². The number of nitrogens with zero attached hydrogens (tertiary/aromatic N) is 2. The van der Waals surface area contributed by atoms with Gasteiger partial charge < -0.3 is 25.5 Å². The molecular formula is C16H20N4O6. The summed E-state index contributed by atoms with van der Waals surface area (Å²) in [6.07, 6.45) is -4.33. The highest BCUT2D eigenvalue weighted by Crippen LogP contribution is 2.11. The highest BCUT2D eigenvalue weighted by atomic mass is 16.4. The van der Waals surface area contributed by atoms with E-state index in [1.54, 1.807) is 6.08 Å². The van der Waals surface area contributed by atoms with Gasteiger partial charge in [-0.2, -0.15) is 5.10 Å². The van der Waals surface area contributed by atoms with Crippen molar-refractivity contribution < 1.29 is 30.3 Å². The topological polar surface area (TPSA) is 167 Å². The van der Waals surface area contributed by atoms with Crippen molar-refractivity contribution >= 4 is 24.2 Å². The number of hydrazone groups is 1. The largest absolute Gasteiger partial charge is 0.394 e. The van der Waals surface area contributed by atoms with Crippen LogP contribution in [0.1, 0.15) is 5.56 Å². The van der Waals surface area contributed by atoms with Crippen molar-refractivity contribution in [1.29, 1.82) is 0 Å². The Kier molecular flexibility index (Phi) is 6.95. The molecule has 1 aliphatic heterocycles. The zero-order chi connectivity index (χ0) is 19.1. The van der Waals surface area contributed by atoms with Crippen LogP contribution in [0.4, 0.5) is 0 Å². The van der Waals surface area contributed by atoms with E-state index in [9.17, 15) is 25.2 Å². The average molecular weight is 364 g/mol. The number of guanidine groups is 1. The maximum atomic E-state index is 11.8. The normalized spacial score (nSPS) is 20.6. The molecule has 140 valence electrons. The Labute approximate surface area is 148 Å². The fourth-order valence-electron chi connectivity index (χ4n) is 2.03. The number of nitrogens with one attached hydrogen (secondary N) is 2. The zero-order valence-electron chi connectivity index (χ0n) is 13.6. The van der Waals surface area contributed by atoms with E-state index in [4.69, 9.17) is 5.11 Å². The molecule has 4 atom stereocenters. The summed E-state index contributed by atoms with van der Waals surface area (Å²) in [5, 5.41) is 52.7. The Balaban J connectivity index is 1.95. The monoisotopic (exact) mass is 364 g/mol. The molecule has 0 spiro atoms. The Morgan fingerprint density at radius 3 is 2.50 bits per heavy atom. The Morgan fingerprint density at radius 2 is 1.85 bits per heavy atom. The van der Waals surface area contributed by atoms with Gasteiger partial charge in [-0.05, 0) is 11.6 Å². The lowest BCUT2D eigenvalue weighted by molar-refractivity contribution is -0.115. The molecule has 1 heterocycles. The highest BCUT2D eigenvalue weighted by molar-refractivity contribution is 6.13. The van der Waals surface area contributed by atoms with E-state index in [1.807, 2.05) is 30.3 Å². The molecule has 0 aromatic heterocycles. The second-order valence-electron chi connectivity index (χ2n) is 5.47. The molecule has 0 fully saturated rings. The molecule has 1 aliphatic rings. The smallest absolute Gasteiger partial charge is 0.276 e. The SMILES string of the molecule is O=C1NC(N/N=C\[C@@H](O)[C@@H](O)[C@H](O)[C@H](O)CO)=N/C1=C\c1ccccc1. The lowest BCUT2D eigenvalue weighted by Crippen LogP contribution is -2.46. The molecule has 0 bridgehead atoms. The van der Waals surface area contributed by atoms with Gasteiger partial charge in [-0.1, -0.05) is 30.3 Å². The first-order valence-corrected chi connectivity index (χ1v) is 7.71. The first kappa shape index (κ1) is 19.7. The van der Waals surface area contributed by atoms with Gasteiger partial charge in [0.2, 0.25) is 5.96 Å². The third-order valence-electron chi connectivity index (χ3n) is 3.48. The molecule has 1 aromatic carbocycles. The summed E-state index contributed by atoms with van der Waals surface area (Å²) >= 11 is 0. The number of aliphatic imine (C=N–C) groups is 1. The van der Waals surface area contributed by atoms with Gasteiger partial charge in [0.1, 0.15) is 30.1 Å². The number of hydrogen-bond acceptors (Lipinski definition) is 9. The maximum Gasteiger partial charge on any atom is 0.276 e. The van der Waals surface area contributed by atoms with Gasteiger partial charge in [-0.25, -0.2) is 10.4 Å². The van der Waals surface area contributed by atoms with Crippen molar-refractivity contribution in [2.24, 2.45) is 10.1 Å². The first-order valence-electron chi connectivity index (χ1n) is 7.71. The van der Waals surface area contributed by atoms with E-state index in [1.165, 1.54) is 0 Å². The van der Waals surface area contributed by atoms with Gasteiger partial charge >= 0.3 is 0 Å². The molecule has 0 saturated carbocycles. The van der Waals surface area contributed by atoms with Crippen LogP contribution in [-0.4, -0.2) is 74.6 Å². The number of carbonyl (C=O) groups excluding carboxylic acids is 1. The number of carbonyl (C=O) groups is 1. The summed E-state index contributed by atoms with van der Waals surface area (Å²) in [5.74, 6) is -0.417. The molecule has 2 rings (SSSR count). The molecule has 0 radical (unpaired) electrons. The molecule has 0 aliphatic carbocycles. The summed E-state index contributed by atoms with van der Waals surface area (Å²) in [6.45, 7) is -0.778. The summed E-state index contributed by atoms with van der Waals surface area (Å²) in [7, 11) is 0. The van der Waals surface area contributed by atoms with Crippen molar-refractivity contribution in [2.75, 3.05) is 6.61 Å². The molecule has 1 aromatic rings. The first-order chi connectivity index (χ1) is 12.4. The molecular weight excluding hydrogens is 344 g/mol. The minimum Gasteiger partial charge on any atom is -0.394 e. The van der Waals surface area contributed by atoms with Crippen LogP contribution in [0, 0.1) is 0 Å². The van der Waals surface area contributed by atoms with E-state index in [-0.39, 0.29) is 11.7 Å². The quantitative estimate of drug-likeness (QED) is 0.160. The average Bonchev–Trinajstić information content (AvgIpc) is 2.99. The fourth-order valence-corrected chi connectivity index (χ4v) is 2.03. The van der Waals surface area contributed by atoms with Crippen molar-refractivity contribution in [2.45, 2.75) is 24.4 Å². The van der Waals surface area contributed by atoms with Gasteiger partial charge in [0.25, 0.3) is 5.91 Å². The van der Waals surface area contributed by atoms with Crippen molar-refractivity contribution in [3.8, 4) is 0 Å². The van der Waals surface area contributed by atoms with Crippen molar-refractivity contribution in [3.05, 3.63) is 41.6 Å². The Bertz CT molecular complexity index is 706. The lowest BCUT2D eigenvalue weighted by atomic mass is 10.0. The summed E-state index contributed by atoms with van der Waals surface area (Å²) in [4.78, 5) is 15.8. The number of hydrogen-bond donors (Lipinski definition) is 7. The predicted octanol–water partition coefficient (Wildman–Crippen LogP) is -2.48. The summed E-state index contributed by atoms with van der Waals surface area (Å²) in [5.41, 5.74) is 3.33. The molecule has 7 N–H and O–H groups in total. The third kappa shape index (κ3) is 5.18. The van der Waals surface area contributed by atoms with Gasteiger partial charge in [-0.3, -0.25) is 10.1 Å². The van der Waals surface area contributed by atoms with Gasteiger partial charge in [0.15, 0.2) is 0 Å². The van der Waals surface area contributed by atoms with Crippen LogP contribution in [-0.2, 0) is 4.79 Å². The van der Waals surface area contributed by atoms with Crippen LogP contribution in [0.25, 0.3) is 6.08 Å².